The molecule has 7 nitrogen and oxygen atoms in total. The number of nitrogens with zero attached hydrogens (tertiary/aromatic N) is 1. The Kier molecular flexibility index (Phi) is 9.92. The number of amides is 1. The quantitative estimate of drug-likeness (QED) is 0.189. The third kappa shape index (κ3) is 6.66. The van der Waals surface area contributed by atoms with E-state index in [1.165, 1.54) is 4.90 Å². The summed E-state index contributed by atoms with van der Waals surface area (Å²) in [5, 5.41) is 9.31. The summed E-state index contributed by atoms with van der Waals surface area (Å²) < 4.78 is 133. The Bertz CT molecular complexity index is 1820. The van der Waals surface area contributed by atoms with Crippen LogP contribution < -0.4 is 0 Å². The van der Waals surface area contributed by atoms with Crippen LogP contribution in [-0.2, 0) is 41.1 Å². The molecule has 5 rings (SSSR count). The minimum absolute atomic E-state index is 0.126. The van der Waals surface area contributed by atoms with E-state index in [0.29, 0.717) is 19.1 Å². The molecule has 1 aliphatic carbocycles. The van der Waals surface area contributed by atoms with E-state index in [0.717, 1.165) is 48.5 Å². The van der Waals surface area contributed by atoms with Gasteiger partial charge in [-0.2, -0.15) is 13.2 Å². The summed E-state index contributed by atoms with van der Waals surface area (Å²) in [6.07, 6.45) is -4.61. The molecule has 1 aliphatic heterocycles. The molecule has 2 aliphatic rings. The van der Waals surface area contributed by atoms with Crippen LogP contribution in [0, 0.1) is 35.1 Å². The fraction of sp³-hybridized carbons (Fsp3) is 0.412. The first-order valence-corrected chi connectivity index (χ1v) is 16.9. The number of ether oxygens (including phenoxy) is 1. The molecule has 15 heteroatoms. The fourth-order valence-electron chi connectivity index (χ4n) is 6.65. The zero-order valence-electron chi connectivity index (χ0n) is 26.1. The summed E-state index contributed by atoms with van der Waals surface area (Å²) in [5.41, 5.74) is -5.63. The summed E-state index contributed by atoms with van der Waals surface area (Å²) in [4.78, 5) is 25.8. The molecular formula is C34H32F7NO6S. The predicted octanol–water partition coefficient (Wildman–Crippen LogP) is 7.03. The fourth-order valence-corrected chi connectivity index (χ4v) is 8.72. The van der Waals surface area contributed by atoms with Gasteiger partial charge < -0.3 is 14.7 Å². The van der Waals surface area contributed by atoms with Crippen molar-refractivity contribution in [2.24, 2.45) is 11.8 Å². The monoisotopic (exact) mass is 715 g/mol. The molecule has 1 heterocycles. The van der Waals surface area contributed by atoms with Crippen LogP contribution in [0.15, 0.2) is 65.6 Å². The normalized spacial score (nSPS) is 22.9. The lowest BCUT2D eigenvalue weighted by Crippen LogP contribution is -2.44. The van der Waals surface area contributed by atoms with Gasteiger partial charge in [-0.05, 0) is 87.1 Å². The lowest BCUT2D eigenvalue weighted by Gasteiger charge is -2.35. The van der Waals surface area contributed by atoms with Gasteiger partial charge in [0.2, 0.25) is 5.91 Å². The van der Waals surface area contributed by atoms with E-state index >= 15 is 4.39 Å². The van der Waals surface area contributed by atoms with E-state index in [4.69, 9.17) is 4.74 Å². The number of likely N-dealkylation sites (tertiary alicyclic amines) is 1. The average molecular weight is 716 g/mol. The SMILES string of the molecule is CC(OCc1c(F)cccc1F)(c1ccc([C@]2(S(=O)(=O)c3ccc(F)cc3)CCN(C(=O)C3CCC(C(=O)O)CC3)C2)cc1F)C(F)(F)F. The Morgan fingerprint density at radius 1 is 0.898 bits per heavy atom. The van der Waals surface area contributed by atoms with Crippen molar-refractivity contribution in [2.45, 2.75) is 67.1 Å². The topological polar surface area (TPSA) is 101 Å². The van der Waals surface area contributed by atoms with Crippen molar-refractivity contribution in [1.29, 1.82) is 0 Å². The van der Waals surface area contributed by atoms with Gasteiger partial charge in [0.05, 0.1) is 17.4 Å². The number of aliphatic carboxylic acids is 1. The van der Waals surface area contributed by atoms with Gasteiger partial charge in [0.15, 0.2) is 15.4 Å². The number of halogens is 7. The van der Waals surface area contributed by atoms with E-state index in [1.807, 2.05) is 0 Å². The van der Waals surface area contributed by atoms with Crippen molar-refractivity contribution in [3.63, 3.8) is 0 Å². The van der Waals surface area contributed by atoms with Crippen LogP contribution in [0.2, 0.25) is 0 Å². The molecule has 264 valence electrons. The lowest BCUT2D eigenvalue weighted by molar-refractivity contribution is -0.282. The first-order valence-electron chi connectivity index (χ1n) is 15.4. The summed E-state index contributed by atoms with van der Waals surface area (Å²) >= 11 is 0. The molecule has 3 aromatic rings. The van der Waals surface area contributed by atoms with Crippen molar-refractivity contribution < 1.29 is 58.6 Å². The summed E-state index contributed by atoms with van der Waals surface area (Å²) in [6.45, 7) is -1.38. The van der Waals surface area contributed by atoms with Crippen molar-refractivity contribution in [3.05, 3.63) is 101 Å². The van der Waals surface area contributed by atoms with Gasteiger partial charge in [-0.25, -0.2) is 26.0 Å². The largest absolute Gasteiger partial charge is 0.481 e. The second-order valence-electron chi connectivity index (χ2n) is 12.6. The molecule has 1 unspecified atom stereocenters. The molecular weight excluding hydrogens is 683 g/mol. The number of rotatable bonds is 9. The van der Waals surface area contributed by atoms with Crippen molar-refractivity contribution in [3.8, 4) is 0 Å². The summed E-state index contributed by atoms with van der Waals surface area (Å²) in [6, 6.07) is 8.70. The van der Waals surface area contributed by atoms with Crippen LogP contribution in [0.5, 0.6) is 0 Å². The second-order valence-corrected chi connectivity index (χ2v) is 14.8. The molecule has 2 atom stereocenters. The van der Waals surface area contributed by atoms with Crippen molar-refractivity contribution in [2.75, 3.05) is 13.1 Å². The predicted molar refractivity (Wildman–Crippen MR) is 160 cm³/mol. The maximum Gasteiger partial charge on any atom is 0.421 e. The Morgan fingerprint density at radius 3 is 2.04 bits per heavy atom. The number of carboxylic acid groups (broad SMARTS) is 1. The zero-order chi connectivity index (χ0) is 35.9. The van der Waals surface area contributed by atoms with Gasteiger partial charge >= 0.3 is 12.1 Å². The zero-order valence-corrected chi connectivity index (χ0v) is 26.9. The number of benzene rings is 3. The van der Waals surface area contributed by atoms with Gasteiger partial charge in [-0.15, -0.1) is 0 Å². The minimum Gasteiger partial charge on any atom is -0.481 e. The highest BCUT2D eigenvalue weighted by molar-refractivity contribution is 7.92. The van der Waals surface area contributed by atoms with Gasteiger partial charge in [-0.3, -0.25) is 9.59 Å². The molecule has 0 radical (unpaired) electrons. The second kappa shape index (κ2) is 13.4. The van der Waals surface area contributed by atoms with Crippen LogP contribution in [0.4, 0.5) is 30.7 Å². The third-order valence-electron chi connectivity index (χ3n) is 9.72. The number of hydrogen-bond donors (Lipinski definition) is 1. The van der Waals surface area contributed by atoms with Crippen molar-refractivity contribution >= 4 is 21.7 Å². The van der Waals surface area contributed by atoms with Gasteiger partial charge in [-0.1, -0.05) is 18.2 Å². The Morgan fingerprint density at radius 2 is 1.49 bits per heavy atom. The Labute approximate surface area is 277 Å². The van der Waals surface area contributed by atoms with Gasteiger partial charge in [0.25, 0.3) is 0 Å². The Hall–Kier alpha value is -3.98. The number of carbonyl (C=O) groups is 2. The first-order chi connectivity index (χ1) is 22.9. The summed E-state index contributed by atoms with van der Waals surface area (Å²) in [5.74, 6) is -7.25. The van der Waals surface area contributed by atoms with Crippen LogP contribution >= 0.6 is 0 Å². The number of alkyl halides is 3. The third-order valence-corrected chi connectivity index (χ3v) is 12.2. The molecule has 1 saturated carbocycles. The van der Waals surface area contributed by atoms with E-state index in [-0.39, 0.29) is 49.1 Å². The highest BCUT2D eigenvalue weighted by Gasteiger charge is 2.57. The molecule has 1 N–H and O–H groups in total. The van der Waals surface area contributed by atoms with Crippen LogP contribution in [0.1, 0.15) is 55.7 Å². The Balaban J connectivity index is 1.53. The van der Waals surface area contributed by atoms with Gasteiger partial charge in [0.1, 0.15) is 28.0 Å². The van der Waals surface area contributed by atoms with E-state index in [2.05, 4.69) is 0 Å². The minimum atomic E-state index is -5.31. The van der Waals surface area contributed by atoms with Crippen molar-refractivity contribution in [1.82, 2.24) is 4.90 Å². The van der Waals surface area contributed by atoms with Crippen LogP contribution in [0.3, 0.4) is 0 Å². The molecule has 1 saturated heterocycles. The van der Waals surface area contributed by atoms with Gasteiger partial charge in [0, 0.05) is 30.1 Å². The van der Waals surface area contributed by atoms with E-state index in [9.17, 15) is 49.5 Å². The molecule has 2 fully saturated rings. The van der Waals surface area contributed by atoms with Crippen LogP contribution in [0.25, 0.3) is 0 Å². The number of hydrogen-bond acceptors (Lipinski definition) is 5. The standard InChI is InChI=1S/C34H32F7NO6S/c1-32(34(39,40)41,48-18-25-27(36)3-2-4-28(25)37)26-14-9-22(17-29(26)38)33(49(46,47)24-12-10-23(35)11-13-24)15-16-42(19-33)30(43)20-5-7-21(8-6-20)31(44)45/h2-4,9-14,17,20-21H,5-8,15-16,18-19H2,1H3,(H,44,45)/t20?,21?,32?,33-/m0/s1. The lowest BCUT2D eigenvalue weighted by atomic mass is 9.81. The first kappa shape index (κ1) is 36.3. The molecule has 49 heavy (non-hydrogen) atoms. The maximum atomic E-state index is 16.0. The smallest absolute Gasteiger partial charge is 0.421 e. The molecule has 0 bridgehead atoms. The van der Waals surface area contributed by atoms with E-state index in [1.54, 1.807) is 0 Å². The van der Waals surface area contributed by atoms with Crippen LogP contribution in [-0.4, -0.2) is 49.6 Å². The molecule has 0 spiro atoms. The molecule has 0 aromatic heterocycles. The maximum absolute atomic E-state index is 16.0. The number of carbonyl (C=O) groups excluding carboxylic acids is 1. The number of carboxylic acids is 1. The average Bonchev–Trinajstić information content (AvgIpc) is 3.51. The highest BCUT2D eigenvalue weighted by Crippen LogP contribution is 2.48. The molecule has 1 amide bonds. The molecule has 3 aromatic carbocycles. The van der Waals surface area contributed by atoms with E-state index < -0.39 is 97.6 Å². The summed E-state index contributed by atoms with van der Waals surface area (Å²) in [7, 11) is -4.58. The number of sulfone groups is 1. The highest BCUT2D eigenvalue weighted by atomic mass is 32.2.